The molecule has 1 unspecified atom stereocenters. The summed E-state index contributed by atoms with van der Waals surface area (Å²) in [5.41, 5.74) is 0. The Labute approximate surface area is 103 Å². The molecule has 0 aromatic rings. The smallest absolute Gasteiger partial charge is 0.229 e. The molecule has 0 spiro atoms. The number of hydrogen-bond donors (Lipinski definition) is 0. The maximum atomic E-state index is 12.2. The highest BCUT2D eigenvalue weighted by atomic mass is 32.2. The average Bonchev–Trinajstić information content (AvgIpc) is 2.85. The van der Waals surface area contributed by atoms with E-state index in [1.54, 1.807) is 0 Å². The average molecular weight is 282 g/mol. The Hall–Kier alpha value is -0.180. The zero-order chi connectivity index (χ0) is 12.7. The Balaban J connectivity index is 2.12. The summed E-state index contributed by atoms with van der Waals surface area (Å²) >= 11 is 0. The molecule has 0 amide bonds. The third-order valence-corrected chi connectivity index (χ3v) is 7.27. The molecule has 0 bridgehead atoms. The Morgan fingerprint density at radius 2 is 1.82 bits per heavy atom. The summed E-state index contributed by atoms with van der Waals surface area (Å²) < 4.78 is 49.8. The summed E-state index contributed by atoms with van der Waals surface area (Å²) in [6.07, 6.45) is 2.18. The first-order valence-corrected chi connectivity index (χ1v) is 8.98. The summed E-state index contributed by atoms with van der Waals surface area (Å²) in [4.78, 5) is 0. The first-order valence-electron chi connectivity index (χ1n) is 5.76. The van der Waals surface area contributed by atoms with Gasteiger partial charge in [-0.1, -0.05) is 0 Å². The summed E-state index contributed by atoms with van der Waals surface area (Å²) in [7, 11) is -5.03. The van der Waals surface area contributed by atoms with E-state index in [1.807, 2.05) is 0 Å². The fraction of sp³-hybridized carbons (Fsp3) is 1.00. The van der Waals surface area contributed by atoms with Crippen molar-refractivity contribution >= 4 is 20.0 Å². The molecule has 0 N–H and O–H groups in total. The maximum absolute atomic E-state index is 12.2. The van der Waals surface area contributed by atoms with Crippen molar-refractivity contribution in [2.45, 2.75) is 25.3 Å². The molecular formula is C9H18N2O4S2. The minimum atomic E-state index is -3.47. The highest BCUT2D eigenvalue weighted by molar-refractivity contribution is 7.91. The van der Waals surface area contributed by atoms with Crippen molar-refractivity contribution in [2.75, 3.05) is 31.6 Å². The molecule has 1 atom stereocenters. The SMILES string of the molecule is CN(C1CCS(=O)(=O)C1)S(=O)(=O)N1CCCC1. The first-order chi connectivity index (χ1) is 7.83. The van der Waals surface area contributed by atoms with Gasteiger partial charge in [0.25, 0.3) is 10.2 Å². The second-order valence-electron chi connectivity index (χ2n) is 4.69. The van der Waals surface area contributed by atoms with Crippen molar-refractivity contribution in [3.05, 3.63) is 0 Å². The van der Waals surface area contributed by atoms with E-state index in [-0.39, 0.29) is 11.5 Å². The third kappa shape index (κ3) is 2.64. The van der Waals surface area contributed by atoms with E-state index in [0.717, 1.165) is 12.8 Å². The van der Waals surface area contributed by atoms with Crippen molar-refractivity contribution < 1.29 is 16.8 Å². The minimum Gasteiger partial charge on any atom is -0.229 e. The monoisotopic (exact) mass is 282 g/mol. The van der Waals surface area contributed by atoms with E-state index in [9.17, 15) is 16.8 Å². The predicted octanol–water partition coefficient (Wildman–Crippen LogP) is -0.554. The second-order valence-corrected chi connectivity index (χ2v) is 8.90. The van der Waals surface area contributed by atoms with E-state index in [1.165, 1.54) is 15.7 Å². The topological polar surface area (TPSA) is 74.8 Å². The Bertz CT molecular complexity index is 479. The molecule has 8 heteroatoms. The minimum absolute atomic E-state index is 0.0451. The van der Waals surface area contributed by atoms with E-state index in [4.69, 9.17) is 0 Å². The van der Waals surface area contributed by atoms with Crippen LogP contribution >= 0.6 is 0 Å². The van der Waals surface area contributed by atoms with Crippen LogP contribution < -0.4 is 0 Å². The largest absolute Gasteiger partial charge is 0.282 e. The van der Waals surface area contributed by atoms with Crippen LogP contribution in [0.5, 0.6) is 0 Å². The molecular weight excluding hydrogens is 264 g/mol. The Morgan fingerprint density at radius 1 is 1.24 bits per heavy atom. The molecule has 17 heavy (non-hydrogen) atoms. The van der Waals surface area contributed by atoms with Gasteiger partial charge in [-0.15, -0.1) is 0 Å². The van der Waals surface area contributed by atoms with Crippen molar-refractivity contribution in [2.24, 2.45) is 0 Å². The van der Waals surface area contributed by atoms with Gasteiger partial charge in [-0.3, -0.25) is 0 Å². The molecule has 0 aromatic carbocycles. The molecule has 2 rings (SSSR count). The lowest BCUT2D eigenvalue weighted by Gasteiger charge is -2.27. The van der Waals surface area contributed by atoms with Crippen LogP contribution in [0.4, 0.5) is 0 Å². The van der Waals surface area contributed by atoms with Gasteiger partial charge in [0.15, 0.2) is 9.84 Å². The van der Waals surface area contributed by atoms with E-state index >= 15 is 0 Å². The number of nitrogens with zero attached hydrogens (tertiary/aromatic N) is 2. The van der Waals surface area contributed by atoms with Crippen molar-refractivity contribution in [1.82, 2.24) is 8.61 Å². The van der Waals surface area contributed by atoms with Gasteiger partial charge < -0.3 is 0 Å². The molecule has 0 radical (unpaired) electrons. The van der Waals surface area contributed by atoms with Crippen LogP contribution in [-0.4, -0.2) is 63.1 Å². The molecule has 2 aliphatic rings. The zero-order valence-corrected chi connectivity index (χ0v) is 11.5. The third-order valence-electron chi connectivity index (χ3n) is 3.48. The second kappa shape index (κ2) is 4.49. The standard InChI is InChI=1S/C9H18N2O4S2/c1-10(9-4-7-16(12,13)8-9)17(14,15)11-5-2-3-6-11/h9H,2-8H2,1H3. The van der Waals surface area contributed by atoms with E-state index in [0.29, 0.717) is 19.5 Å². The Kier molecular flexibility index (Phi) is 3.50. The van der Waals surface area contributed by atoms with Crippen LogP contribution in [0.25, 0.3) is 0 Å². The summed E-state index contributed by atoms with van der Waals surface area (Å²) in [6, 6.07) is -0.398. The van der Waals surface area contributed by atoms with E-state index < -0.39 is 26.1 Å². The predicted molar refractivity (Wildman–Crippen MR) is 64.5 cm³/mol. The van der Waals surface area contributed by atoms with Gasteiger partial charge in [-0.05, 0) is 19.3 Å². The van der Waals surface area contributed by atoms with Gasteiger partial charge in [-0.2, -0.15) is 17.0 Å². The molecule has 2 aliphatic heterocycles. The van der Waals surface area contributed by atoms with Crippen LogP contribution in [0.15, 0.2) is 0 Å². The highest BCUT2D eigenvalue weighted by Crippen LogP contribution is 2.23. The molecule has 2 heterocycles. The van der Waals surface area contributed by atoms with Gasteiger partial charge >= 0.3 is 0 Å². The fourth-order valence-electron chi connectivity index (χ4n) is 2.35. The molecule has 6 nitrogen and oxygen atoms in total. The lowest BCUT2D eigenvalue weighted by Crippen LogP contribution is -2.45. The molecule has 0 aromatic heterocycles. The Morgan fingerprint density at radius 3 is 2.29 bits per heavy atom. The maximum Gasteiger partial charge on any atom is 0.282 e. The lowest BCUT2D eigenvalue weighted by atomic mass is 10.3. The van der Waals surface area contributed by atoms with Gasteiger partial charge in [0, 0.05) is 26.2 Å². The van der Waals surface area contributed by atoms with Crippen LogP contribution in [0.3, 0.4) is 0 Å². The normalized spacial score (nSPS) is 30.1. The van der Waals surface area contributed by atoms with Crippen molar-refractivity contribution in [3.8, 4) is 0 Å². The molecule has 2 fully saturated rings. The van der Waals surface area contributed by atoms with Crippen LogP contribution in [0.2, 0.25) is 0 Å². The molecule has 0 saturated carbocycles. The summed E-state index contributed by atoms with van der Waals surface area (Å²) in [6.45, 7) is 1.10. The van der Waals surface area contributed by atoms with Crippen LogP contribution in [0, 0.1) is 0 Å². The van der Waals surface area contributed by atoms with Crippen LogP contribution in [0.1, 0.15) is 19.3 Å². The molecule has 100 valence electrons. The van der Waals surface area contributed by atoms with Gasteiger partial charge in [0.05, 0.1) is 11.5 Å². The van der Waals surface area contributed by atoms with Crippen molar-refractivity contribution in [3.63, 3.8) is 0 Å². The fourth-order valence-corrected chi connectivity index (χ4v) is 5.86. The first kappa shape index (κ1) is 13.3. The molecule has 0 aliphatic carbocycles. The zero-order valence-electron chi connectivity index (χ0n) is 9.87. The van der Waals surface area contributed by atoms with Crippen LogP contribution in [-0.2, 0) is 20.0 Å². The van der Waals surface area contributed by atoms with E-state index in [2.05, 4.69) is 0 Å². The summed E-state index contributed by atoms with van der Waals surface area (Å²) in [5.74, 6) is 0.0497. The van der Waals surface area contributed by atoms with Crippen molar-refractivity contribution in [1.29, 1.82) is 0 Å². The lowest BCUT2D eigenvalue weighted by molar-refractivity contribution is 0.349. The number of hydrogen-bond acceptors (Lipinski definition) is 4. The summed E-state index contributed by atoms with van der Waals surface area (Å²) in [5, 5.41) is 0. The van der Waals surface area contributed by atoms with Gasteiger partial charge in [0.2, 0.25) is 0 Å². The molecule has 2 saturated heterocycles. The quantitative estimate of drug-likeness (QED) is 0.696. The highest BCUT2D eigenvalue weighted by Gasteiger charge is 2.38. The number of sulfone groups is 1. The van der Waals surface area contributed by atoms with Gasteiger partial charge in [0.1, 0.15) is 0 Å². The van der Waals surface area contributed by atoms with Gasteiger partial charge in [-0.25, -0.2) is 8.42 Å². The number of rotatable bonds is 3.